The predicted molar refractivity (Wildman–Crippen MR) is 581 cm³/mol. The summed E-state index contributed by atoms with van der Waals surface area (Å²) < 4.78 is 88.8. The van der Waals surface area contributed by atoms with Gasteiger partial charge in [-0.1, -0.05) is 129 Å². The molecular formula is C117H126N8O14S3. The van der Waals surface area contributed by atoms with Crippen LogP contribution in [-0.4, -0.2) is 100 Å². The lowest BCUT2D eigenvalue weighted by Crippen LogP contribution is -2.24. The fourth-order valence-electron chi connectivity index (χ4n) is 12.1. The highest BCUT2D eigenvalue weighted by atomic mass is 32.2. The molecule has 5 amide bonds. The Morgan fingerprint density at radius 2 is 0.697 bits per heavy atom. The normalized spacial score (nSPS) is 10.9. The molecule has 10 aromatic carbocycles. The molecule has 0 saturated heterocycles. The SMILES string of the molecule is CC#Cc1ccc(N(C)S(C)(=O)=O)cc1.CC#Cc1ccc(NC(=O)C2CC2)cc1.CC#Cc1ccc(NC(=O)C2CCCC2)cc1.CC#Cc1ccc2c(c1)OCCO2.CC#Cc1cccc(NC(=O)C(C)C)c1.CC#Cc1cccc(NC(=O)CC)c1.CC#Cc1cccc(NC(C)=O)c1.CC#Cc1cccc(NS(=O)(=O)CC)c1.CC#Cc1cccc(NS(C)(=O)=O)c1.CC#Cc1cccc(OC)c1. The van der Waals surface area contributed by atoms with E-state index in [1.165, 1.54) is 37.4 Å². The molecule has 0 spiro atoms. The number of benzene rings is 10. The van der Waals surface area contributed by atoms with Gasteiger partial charge in [-0.2, -0.15) is 0 Å². The maximum atomic E-state index is 11.9. The Kier molecular flexibility index (Phi) is 54.5. The molecule has 25 heteroatoms. The van der Waals surface area contributed by atoms with E-state index in [2.05, 4.69) is 154 Å². The van der Waals surface area contributed by atoms with Crippen molar-refractivity contribution >= 4 is 105 Å². The summed E-state index contributed by atoms with van der Waals surface area (Å²) in [6.07, 6.45) is 9.28. The molecule has 2 fully saturated rings. The first-order valence-electron chi connectivity index (χ1n) is 45.5. The van der Waals surface area contributed by atoms with Gasteiger partial charge < -0.3 is 40.8 Å². The highest BCUT2D eigenvalue weighted by Gasteiger charge is 2.29. The molecule has 0 radical (unpaired) electrons. The van der Waals surface area contributed by atoms with Crippen molar-refractivity contribution < 1.29 is 63.4 Å². The van der Waals surface area contributed by atoms with Crippen LogP contribution in [0.4, 0.5) is 45.5 Å². The zero-order valence-corrected chi connectivity index (χ0v) is 86.7. The van der Waals surface area contributed by atoms with E-state index in [9.17, 15) is 49.2 Å². The number of carbonyl (C=O) groups is 5. The lowest BCUT2D eigenvalue weighted by Gasteiger charge is -2.17. The van der Waals surface area contributed by atoms with Gasteiger partial charge in [0.15, 0.2) is 11.5 Å². The molecular weight excluding hydrogens is 1840 g/mol. The van der Waals surface area contributed by atoms with Crippen molar-refractivity contribution in [1.29, 1.82) is 0 Å². The van der Waals surface area contributed by atoms with Crippen molar-refractivity contribution in [2.75, 3.05) is 86.0 Å². The summed E-state index contributed by atoms with van der Waals surface area (Å²) in [7, 11) is -6.42. The third-order valence-corrected chi connectivity index (χ3v) is 22.1. The van der Waals surface area contributed by atoms with Crippen molar-refractivity contribution in [3.05, 3.63) is 292 Å². The van der Waals surface area contributed by atoms with Crippen molar-refractivity contribution in [1.82, 2.24) is 0 Å². The number of hydrogen-bond acceptors (Lipinski definition) is 14. The van der Waals surface area contributed by atoms with Gasteiger partial charge in [-0.15, -0.1) is 59.2 Å². The molecule has 3 aliphatic rings. The van der Waals surface area contributed by atoms with E-state index in [4.69, 9.17) is 14.2 Å². The van der Waals surface area contributed by atoms with Crippen LogP contribution in [0.2, 0.25) is 0 Å². The minimum Gasteiger partial charge on any atom is -0.497 e. The number of hydrogen-bond donors (Lipinski definition) is 7. The second kappa shape index (κ2) is 65.6. The van der Waals surface area contributed by atoms with Gasteiger partial charge in [-0.3, -0.25) is 37.7 Å². The van der Waals surface area contributed by atoms with Crippen LogP contribution in [0.15, 0.2) is 237 Å². The molecule has 0 atom stereocenters. The summed E-state index contributed by atoms with van der Waals surface area (Å²) in [6.45, 7) is 27.7. The summed E-state index contributed by atoms with van der Waals surface area (Å²) in [5.74, 6) is 60.6. The zero-order valence-electron chi connectivity index (χ0n) is 84.2. The Morgan fingerprint density at radius 3 is 1.05 bits per heavy atom. The second-order valence-corrected chi connectivity index (χ2v) is 36.8. The number of anilines is 8. The molecule has 7 N–H and O–H groups in total. The summed E-state index contributed by atoms with van der Waals surface area (Å²) >= 11 is 0. The van der Waals surface area contributed by atoms with E-state index >= 15 is 0 Å². The van der Waals surface area contributed by atoms with Crippen LogP contribution in [0, 0.1) is 136 Å². The van der Waals surface area contributed by atoms with Crippen molar-refractivity contribution in [3.8, 4) is 136 Å². The highest BCUT2D eigenvalue weighted by Crippen LogP contribution is 2.32. The molecule has 2 aliphatic carbocycles. The summed E-state index contributed by atoms with van der Waals surface area (Å²) in [5, 5.41) is 14.2. The number of nitrogens with one attached hydrogen (secondary N) is 7. The quantitative estimate of drug-likeness (QED) is 0.0417. The number of nitrogens with zero attached hydrogens (tertiary/aromatic N) is 1. The van der Waals surface area contributed by atoms with Crippen LogP contribution in [0.5, 0.6) is 17.2 Å². The summed E-state index contributed by atoms with van der Waals surface area (Å²) in [4.78, 5) is 56.6. The van der Waals surface area contributed by atoms with Gasteiger partial charge >= 0.3 is 0 Å². The van der Waals surface area contributed by atoms with Gasteiger partial charge in [0, 0.05) is 134 Å². The van der Waals surface area contributed by atoms with Crippen LogP contribution in [0.3, 0.4) is 0 Å². The molecule has 22 nitrogen and oxygen atoms in total. The fourth-order valence-corrected chi connectivity index (χ4v) is 13.7. The van der Waals surface area contributed by atoms with Crippen LogP contribution < -0.4 is 54.5 Å². The molecule has 0 aromatic heterocycles. The number of sulfonamides is 3. The Hall–Kier alpha value is -16.2. The average molecular weight is 1960 g/mol. The monoisotopic (exact) mass is 1960 g/mol. The molecule has 10 aromatic rings. The number of amides is 5. The lowest BCUT2D eigenvalue weighted by molar-refractivity contribution is -0.120. The third-order valence-electron chi connectivity index (χ3n) is 19.0. The largest absolute Gasteiger partial charge is 0.497 e. The number of carbonyl (C=O) groups excluding carboxylic acids is 5. The van der Waals surface area contributed by atoms with Gasteiger partial charge in [0.05, 0.1) is 31.1 Å². The molecule has 13 rings (SSSR count). The van der Waals surface area contributed by atoms with E-state index in [-0.39, 0.29) is 53.0 Å². The number of methoxy groups -OCH3 is 1. The van der Waals surface area contributed by atoms with Crippen LogP contribution in [0.1, 0.15) is 204 Å². The van der Waals surface area contributed by atoms with E-state index in [1.54, 1.807) is 116 Å². The molecule has 1 heterocycles. The van der Waals surface area contributed by atoms with Crippen molar-refractivity contribution in [2.45, 2.75) is 149 Å². The molecule has 1 aliphatic heterocycles. The predicted octanol–water partition coefficient (Wildman–Crippen LogP) is 21.3. The summed E-state index contributed by atoms with van der Waals surface area (Å²) in [6, 6.07) is 72.3. The van der Waals surface area contributed by atoms with Crippen LogP contribution in [0.25, 0.3) is 0 Å². The van der Waals surface area contributed by atoms with Crippen molar-refractivity contribution in [2.24, 2.45) is 17.8 Å². The Labute approximate surface area is 843 Å². The van der Waals surface area contributed by atoms with Gasteiger partial charge in [-0.25, -0.2) is 25.3 Å². The van der Waals surface area contributed by atoms with E-state index < -0.39 is 30.1 Å². The molecule has 2 saturated carbocycles. The lowest BCUT2D eigenvalue weighted by atomic mass is 10.1. The number of ether oxygens (including phenoxy) is 3. The van der Waals surface area contributed by atoms with E-state index in [0.717, 1.165) is 133 Å². The van der Waals surface area contributed by atoms with Gasteiger partial charge in [0.1, 0.15) is 19.0 Å². The first-order valence-corrected chi connectivity index (χ1v) is 50.9. The fraction of sp³-hybridized carbons (Fsp3) is 0.274. The first-order chi connectivity index (χ1) is 68.0. The standard InChI is InChI=1S/C15H17NO.C13H13NO.C13H15NO.C12H13NO.2C11H13NO2S.C11H11NO.C11H10O2.C10H11NO2S.C10H10O/c1-2-5-12-8-10-14(11-9-12)16-15(17)13-6-3-4-7-13;1-2-3-10-4-8-12(9-5-10)14-13(15)11-6-7-11;1-4-6-11-7-5-8-12(9-11)14-13(15)10(2)3;1-3-6-10-7-5-8-11(9-10)13-12(14)4-2;1-4-5-10-6-8-11(9-7-10)12(2)15(3,13)14;1-3-6-10-7-5-8-11(9-10)12-15(13,14)4-2;1-3-5-10-6-4-7-11(8-10)12-9(2)13;1-2-3-9-4-5-10-11(8-9)13-7-6-12-10;1-3-5-9-6-4-7-10(8-9)11-14(2,12)13;1-3-5-9-6-4-7-10(8-9)11-2/h8-11,13H,3-4,6-7H2,1H3,(H,16,17);4-5,8-9,11H,6-7H2,1H3,(H,14,15);5,7-10H,1-3H3,(H,14,15);5,7-9H,4H2,1-2H3,(H,13,14);6-9H,1-3H3;5,7-9,12H,4H2,1-2H3;4,6-8H,1-2H3,(H,12,13);4-5,8H,6-7H2,1H3;4,6-8,11H,1-2H3;4,6-8H,1-2H3. The number of rotatable bonds is 17. The summed E-state index contributed by atoms with van der Waals surface area (Å²) in [5.41, 5.74) is 15.0. The molecule has 0 bridgehead atoms. The minimum absolute atomic E-state index is 0.00841. The third kappa shape index (κ3) is 50.2. The minimum atomic E-state index is -3.21. The van der Waals surface area contributed by atoms with Crippen LogP contribution >= 0.6 is 0 Å². The molecule has 0 unspecified atom stereocenters. The van der Waals surface area contributed by atoms with Crippen molar-refractivity contribution in [3.63, 3.8) is 0 Å². The molecule has 142 heavy (non-hydrogen) atoms. The first kappa shape index (κ1) is 118. The highest BCUT2D eigenvalue weighted by molar-refractivity contribution is 7.92. The second-order valence-electron chi connectivity index (χ2n) is 31.0. The van der Waals surface area contributed by atoms with Gasteiger partial charge in [-0.05, 0) is 302 Å². The average Bonchev–Trinajstić information content (AvgIpc) is 1.48. The smallest absolute Gasteiger partial charge is 0.232 e. The van der Waals surface area contributed by atoms with E-state index in [0.29, 0.717) is 36.7 Å². The van der Waals surface area contributed by atoms with E-state index in [1.807, 2.05) is 224 Å². The van der Waals surface area contributed by atoms with Crippen LogP contribution in [-0.2, 0) is 54.0 Å². The Bertz CT molecular complexity index is 6930. The topological polar surface area (TPSA) is 303 Å². The Balaban J connectivity index is 0.000000330. The maximum absolute atomic E-state index is 11.9. The maximum Gasteiger partial charge on any atom is 0.232 e. The Morgan fingerprint density at radius 1 is 0.373 bits per heavy atom. The van der Waals surface area contributed by atoms with Gasteiger partial charge in [0.2, 0.25) is 59.6 Å². The zero-order chi connectivity index (χ0) is 105. The molecule has 736 valence electrons. The number of fused-ring (bicyclic) bond motifs is 1. The van der Waals surface area contributed by atoms with Gasteiger partial charge in [0.25, 0.3) is 0 Å².